The zero-order valence-corrected chi connectivity index (χ0v) is 53.2. The second-order valence-corrected chi connectivity index (χ2v) is 25.3. The lowest BCUT2D eigenvalue weighted by Gasteiger charge is -2.51. The van der Waals surface area contributed by atoms with E-state index in [1.807, 2.05) is 0 Å². The molecule has 6 fully saturated rings. The smallest absolute Gasteiger partial charge is 0.309 e. The highest BCUT2D eigenvalue weighted by Crippen LogP contribution is 2.40. The highest BCUT2D eigenvalue weighted by atomic mass is 16.8. The molecule has 506 valence electrons. The van der Waals surface area contributed by atoms with Crippen LogP contribution in [0.5, 0.6) is 0 Å². The predicted molar refractivity (Wildman–Crippen MR) is 311 cm³/mol. The normalized spacial score (nSPS) is 41.6. The van der Waals surface area contributed by atoms with Crippen molar-refractivity contribution in [1.29, 1.82) is 0 Å². The van der Waals surface area contributed by atoms with Crippen LogP contribution in [0.15, 0.2) is 0 Å². The topological polar surface area (TPSA) is 333 Å². The molecule has 24 heteroatoms. The van der Waals surface area contributed by atoms with Crippen LogP contribution in [0.25, 0.3) is 0 Å². The minimum Gasteiger partial charge on any atom is -0.457 e. The molecular weight excluding hydrogens is 1140 g/mol. The third kappa shape index (κ3) is 20.8. The maximum atomic E-state index is 14.4. The Hall–Kier alpha value is -2.31. The summed E-state index contributed by atoms with van der Waals surface area (Å²) in [7, 11) is 0. The Morgan fingerprint density at radius 2 is 0.977 bits per heavy atom. The lowest BCUT2D eigenvalue weighted by molar-refractivity contribution is -0.399. The number of aliphatic hydroxyl groups is 8. The van der Waals surface area contributed by atoms with Crippen molar-refractivity contribution in [3.8, 4) is 0 Å². The van der Waals surface area contributed by atoms with Crippen LogP contribution in [0.3, 0.4) is 0 Å². The number of hydrogen-bond acceptors (Lipinski definition) is 24. The van der Waals surface area contributed by atoms with Crippen molar-refractivity contribution >= 4 is 17.9 Å². The van der Waals surface area contributed by atoms with Gasteiger partial charge in [-0.05, 0) is 66.7 Å². The number of rotatable bonds is 24. The van der Waals surface area contributed by atoms with Crippen LogP contribution in [-0.2, 0) is 76.0 Å². The van der Waals surface area contributed by atoms with Crippen molar-refractivity contribution in [2.45, 2.75) is 376 Å². The maximum absolute atomic E-state index is 14.4. The molecule has 6 rings (SSSR count). The summed E-state index contributed by atoms with van der Waals surface area (Å²) in [6.45, 7) is 15.4. The van der Waals surface area contributed by atoms with Crippen molar-refractivity contribution in [3.63, 3.8) is 0 Å². The molecule has 6 aliphatic heterocycles. The van der Waals surface area contributed by atoms with Gasteiger partial charge >= 0.3 is 17.9 Å². The fraction of sp³-hybridized carbons (Fsp3) is 0.952. The lowest BCUT2D eigenvalue weighted by Crippen LogP contribution is -2.68. The summed E-state index contributed by atoms with van der Waals surface area (Å²) in [5, 5.41) is 91.9. The van der Waals surface area contributed by atoms with Crippen LogP contribution in [0, 0.1) is 5.92 Å². The third-order valence-corrected chi connectivity index (χ3v) is 18.2. The molecule has 87 heavy (non-hydrogen) atoms. The van der Waals surface area contributed by atoms with E-state index in [-0.39, 0.29) is 18.9 Å². The monoisotopic (exact) mass is 1250 g/mol. The molecule has 6 heterocycles. The number of carbonyl (C=O) groups excluding carboxylic acids is 3. The van der Waals surface area contributed by atoms with E-state index in [1.54, 1.807) is 27.7 Å². The Morgan fingerprint density at radius 3 is 1.64 bits per heavy atom. The highest BCUT2D eigenvalue weighted by molar-refractivity contribution is 5.72. The molecule has 8 N–H and O–H groups in total. The molecule has 0 aromatic heterocycles. The van der Waals surface area contributed by atoms with E-state index in [2.05, 4.69) is 13.8 Å². The molecule has 27 atom stereocenters. The number of fused-ring (bicyclic) bond motifs is 3. The van der Waals surface area contributed by atoms with Gasteiger partial charge in [-0.3, -0.25) is 14.4 Å². The number of hydrogen-bond donors (Lipinski definition) is 8. The van der Waals surface area contributed by atoms with Gasteiger partial charge in [0.1, 0.15) is 73.2 Å². The lowest BCUT2D eigenvalue weighted by atomic mass is 9.95. The summed E-state index contributed by atoms with van der Waals surface area (Å²) in [5.74, 6) is -2.57. The number of unbranched alkanes of at least 4 members (excludes halogenated alkanes) is 10. The molecule has 0 aromatic carbocycles. The van der Waals surface area contributed by atoms with E-state index in [1.165, 1.54) is 27.2 Å². The number of esters is 3. The Morgan fingerprint density at radius 1 is 0.460 bits per heavy atom. The molecule has 0 aliphatic carbocycles. The summed E-state index contributed by atoms with van der Waals surface area (Å²) in [5.41, 5.74) is 0. The summed E-state index contributed by atoms with van der Waals surface area (Å²) < 4.78 is 82.5. The van der Waals surface area contributed by atoms with E-state index < -0.39 is 177 Å². The van der Waals surface area contributed by atoms with E-state index in [0.717, 1.165) is 109 Å². The van der Waals surface area contributed by atoms with E-state index in [4.69, 9.17) is 61.6 Å². The predicted octanol–water partition coefficient (Wildman–Crippen LogP) is 5.33. The highest BCUT2D eigenvalue weighted by Gasteiger charge is 2.58. The molecule has 6 aliphatic rings. The van der Waals surface area contributed by atoms with Gasteiger partial charge in [0, 0.05) is 12.8 Å². The quantitative estimate of drug-likeness (QED) is 0.0344. The van der Waals surface area contributed by atoms with Crippen LogP contribution in [0.2, 0.25) is 0 Å². The van der Waals surface area contributed by atoms with E-state index >= 15 is 0 Å². The number of aliphatic hydroxyl groups excluding tert-OH is 8. The molecule has 0 aromatic rings. The standard InChI is InChI=1S/C63H110O24/c1-10-13-15-16-17-18-21-24-29-33-42(65)82-57-56(87-59-48(71)45(68)43(66)35(5)75-59)53(84-60-49(72)47(70)51(37(7)77-60)83-58(74)34(4)12-3)39(9)79-63(57)85-52-38(8)78-61-50(73)54(52)81-41(64)32-28-25-22-19-20-23-27-31-40(30-26-14-11-2)80-62-55(86-61)46(69)44(67)36(6)76-62/h34-40,43-57,59-63,66-73H,10-33H2,1-9H3/t34-,35-,36+,37-,38-,39-,40-,43-,44-,45+,46-,47-,48+,49+,50+,51-,52-,53-,54-,55+,56+,57+,59-,60-,61-,62-,63-/m0/s1. The average Bonchev–Trinajstić information content (AvgIpc) is 1.80. The van der Waals surface area contributed by atoms with Gasteiger partial charge in [-0.1, -0.05) is 137 Å². The van der Waals surface area contributed by atoms with Gasteiger partial charge in [0.25, 0.3) is 0 Å². The molecule has 0 amide bonds. The first kappa shape index (κ1) is 73.7. The van der Waals surface area contributed by atoms with Crippen LogP contribution in [-0.4, -0.2) is 218 Å². The van der Waals surface area contributed by atoms with Gasteiger partial charge in [0.15, 0.2) is 49.8 Å². The van der Waals surface area contributed by atoms with Crippen molar-refractivity contribution in [2.75, 3.05) is 0 Å². The number of ether oxygens (including phenoxy) is 13. The zero-order valence-electron chi connectivity index (χ0n) is 53.2. The minimum absolute atomic E-state index is 0.0254. The van der Waals surface area contributed by atoms with Gasteiger partial charge < -0.3 is 102 Å². The maximum Gasteiger partial charge on any atom is 0.309 e. The molecule has 2 bridgehead atoms. The molecule has 0 radical (unpaired) electrons. The first-order valence-electron chi connectivity index (χ1n) is 33.2. The Kier molecular flexibility index (Phi) is 31.2. The zero-order chi connectivity index (χ0) is 63.5. The van der Waals surface area contributed by atoms with Crippen molar-refractivity contribution < 1.29 is 117 Å². The minimum atomic E-state index is -1.91. The van der Waals surface area contributed by atoms with Gasteiger partial charge in [-0.2, -0.15) is 0 Å². The molecule has 24 nitrogen and oxygen atoms in total. The summed E-state index contributed by atoms with van der Waals surface area (Å²) in [4.78, 5) is 41.3. The molecular formula is C63H110O24. The van der Waals surface area contributed by atoms with Gasteiger partial charge in [0.05, 0.1) is 42.5 Å². The molecule has 6 saturated heterocycles. The van der Waals surface area contributed by atoms with Gasteiger partial charge in [-0.15, -0.1) is 0 Å². The van der Waals surface area contributed by atoms with Gasteiger partial charge in [-0.25, -0.2) is 0 Å². The number of carbonyl (C=O) groups is 3. The van der Waals surface area contributed by atoms with Crippen molar-refractivity contribution in [2.24, 2.45) is 5.92 Å². The summed E-state index contributed by atoms with van der Waals surface area (Å²) in [6.07, 6.45) is -19.1. The fourth-order valence-corrected chi connectivity index (χ4v) is 12.3. The Bertz CT molecular complexity index is 1990. The van der Waals surface area contributed by atoms with Crippen molar-refractivity contribution in [3.05, 3.63) is 0 Å². The Balaban J connectivity index is 1.36. The SMILES string of the molecule is CCCCCCCCCCCC(=O)O[C@H]1[C@H](O[C@@H]2[C@H]3OC(=O)CCCCCCCCC[C@H](CCCCC)O[C@@H]4O[C@H](C)[C@H](O)[C@H](O)[C@H]4O[C@H](O[C@H]2C)[C@@H]3O)O[C@@H](C)[C@H](O[C@@H]2O[C@@H](C)[C@H](OC(=O)[C@@H](C)CC)[C@@H](O)[C@H]2O)[C@H]1O[C@@H]1O[C@@H](C)[C@H](O)[C@@H](O)[C@H]1O. The fourth-order valence-electron chi connectivity index (χ4n) is 12.3. The largest absolute Gasteiger partial charge is 0.457 e. The Labute approximate surface area is 515 Å². The van der Waals surface area contributed by atoms with E-state index in [0.29, 0.717) is 25.7 Å². The van der Waals surface area contributed by atoms with Gasteiger partial charge in [0.2, 0.25) is 0 Å². The second-order valence-electron chi connectivity index (χ2n) is 25.3. The molecule has 0 unspecified atom stereocenters. The molecule has 0 saturated carbocycles. The second kappa shape index (κ2) is 36.8. The molecule has 0 spiro atoms. The van der Waals surface area contributed by atoms with E-state index in [9.17, 15) is 55.2 Å². The summed E-state index contributed by atoms with van der Waals surface area (Å²) >= 11 is 0. The first-order valence-corrected chi connectivity index (χ1v) is 33.2. The first-order chi connectivity index (χ1) is 41.6. The van der Waals surface area contributed by atoms with Crippen LogP contribution in [0.1, 0.15) is 216 Å². The van der Waals surface area contributed by atoms with Crippen molar-refractivity contribution in [1.82, 2.24) is 0 Å². The van der Waals surface area contributed by atoms with Crippen LogP contribution in [0.4, 0.5) is 0 Å². The summed E-state index contributed by atoms with van der Waals surface area (Å²) in [6, 6.07) is 0. The van der Waals surface area contributed by atoms with Crippen LogP contribution < -0.4 is 0 Å². The average molecular weight is 1250 g/mol. The third-order valence-electron chi connectivity index (χ3n) is 18.2. The van der Waals surface area contributed by atoms with Crippen LogP contribution >= 0.6 is 0 Å².